The predicted octanol–water partition coefficient (Wildman–Crippen LogP) is 2.21. The summed E-state index contributed by atoms with van der Waals surface area (Å²) in [5, 5.41) is 10.6. The zero-order chi connectivity index (χ0) is 12.6. The smallest absolute Gasteiger partial charge is 0.271 e. The Hall–Kier alpha value is -1.91. The fraction of sp³-hybridized carbons (Fsp3) is 0.417. The molecule has 17 heavy (non-hydrogen) atoms. The van der Waals surface area contributed by atoms with Crippen LogP contribution >= 0.6 is 0 Å². The van der Waals surface area contributed by atoms with Gasteiger partial charge in [0, 0.05) is 25.1 Å². The molecular formula is C12H14N2O3. The molecule has 2 rings (SSSR count). The molecule has 0 saturated heterocycles. The number of non-ortho nitro benzene ring substituents is 1. The molecule has 1 saturated carbocycles. The first-order valence-electron chi connectivity index (χ1n) is 5.52. The average Bonchev–Trinajstić information content (AvgIpc) is 3.04. The van der Waals surface area contributed by atoms with Crippen molar-refractivity contribution in [1.29, 1.82) is 0 Å². The lowest BCUT2D eigenvalue weighted by atomic mass is 10.2. The third-order valence-electron chi connectivity index (χ3n) is 3.19. The van der Waals surface area contributed by atoms with Gasteiger partial charge in [0.1, 0.15) is 0 Å². The van der Waals surface area contributed by atoms with Gasteiger partial charge in [0.05, 0.1) is 10.6 Å². The van der Waals surface area contributed by atoms with E-state index in [9.17, 15) is 14.9 Å². The number of benzene rings is 1. The van der Waals surface area contributed by atoms with E-state index in [0.717, 1.165) is 6.42 Å². The minimum Gasteiger partial charge on any atom is -0.315 e. The third-order valence-corrected chi connectivity index (χ3v) is 3.19. The van der Waals surface area contributed by atoms with Gasteiger partial charge in [-0.15, -0.1) is 0 Å². The molecule has 0 spiro atoms. The lowest BCUT2D eigenvalue weighted by Gasteiger charge is -2.16. The van der Waals surface area contributed by atoms with Crippen LogP contribution in [0.15, 0.2) is 24.3 Å². The Morgan fingerprint density at radius 2 is 2.18 bits per heavy atom. The van der Waals surface area contributed by atoms with E-state index >= 15 is 0 Å². The fourth-order valence-corrected chi connectivity index (χ4v) is 1.86. The van der Waals surface area contributed by atoms with Crippen LogP contribution in [0.2, 0.25) is 0 Å². The predicted molar refractivity (Wildman–Crippen MR) is 63.8 cm³/mol. The van der Waals surface area contributed by atoms with Crippen LogP contribution in [0.4, 0.5) is 11.4 Å². The van der Waals surface area contributed by atoms with E-state index < -0.39 is 4.92 Å². The largest absolute Gasteiger partial charge is 0.315 e. The minimum absolute atomic E-state index is 0.00555. The van der Waals surface area contributed by atoms with Crippen molar-refractivity contribution in [3.63, 3.8) is 0 Å². The SMILES string of the molecule is CC1CC1C(=O)N(C)c1cccc([N+](=O)[O-])c1. The van der Waals surface area contributed by atoms with Gasteiger partial charge in [-0.1, -0.05) is 13.0 Å². The van der Waals surface area contributed by atoms with Gasteiger partial charge < -0.3 is 4.90 Å². The normalized spacial score (nSPS) is 22.0. The Kier molecular flexibility index (Phi) is 2.83. The zero-order valence-corrected chi connectivity index (χ0v) is 9.79. The lowest BCUT2D eigenvalue weighted by molar-refractivity contribution is -0.384. The van der Waals surface area contributed by atoms with Crippen molar-refractivity contribution in [2.75, 3.05) is 11.9 Å². The van der Waals surface area contributed by atoms with Crippen molar-refractivity contribution in [3.8, 4) is 0 Å². The van der Waals surface area contributed by atoms with Crippen molar-refractivity contribution in [3.05, 3.63) is 34.4 Å². The monoisotopic (exact) mass is 234 g/mol. The molecule has 0 aromatic heterocycles. The summed E-state index contributed by atoms with van der Waals surface area (Å²) < 4.78 is 0. The number of hydrogen-bond donors (Lipinski definition) is 0. The highest BCUT2D eigenvalue weighted by molar-refractivity contribution is 5.96. The van der Waals surface area contributed by atoms with Crippen LogP contribution in [0, 0.1) is 22.0 Å². The summed E-state index contributed by atoms with van der Waals surface area (Å²) in [6, 6.07) is 6.14. The Morgan fingerprint density at radius 1 is 1.53 bits per heavy atom. The summed E-state index contributed by atoms with van der Waals surface area (Å²) in [5.41, 5.74) is 0.578. The number of hydrogen-bond acceptors (Lipinski definition) is 3. The number of amides is 1. The Bertz CT molecular complexity index is 473. The molecule has 1 aromatic rings. The molecule has 2 atom stereocenters. The number of anilines is 1. The van der Waals surface area contributed by atoms with Gasteiger partial charge in [-0.3, -0.25) is 14.9 Å². The first-order valence-corrected chi connectivity index (χ1v) is 5.52. The number of nitro groups is 1. The van der Waals surface area contributed by atoms with Crippen LogP contribution in [0.3, 0.4) is 0 Å². The van der Waals surface area contributed by atoms with Crippen molar-refractivity contribution in [2.24, 2.45) is 11.8 Å². The molecule has 5 nitrogen and oxygen atoms in total. The highest BCUT2D eigenvalue weighted by Gasteiger charge is 2.41. The highest BCUT2D eigenvalue weighted by atomic mass is 16.6. The average molecular weight is 234 g/mol. The molecule has 0 N–H and O–H groups in total. The zero-order valence-electron chi connectivity index (χ0n) is 9.79. The van der Waals surface area contributed by atoms with Crippen LogP contribution in [-0.4, -0.2) is 17.9 Å². The number of nitrogens with zero attached hydrogens (tertiary/aromatic N) is 2. The molecular weight excluding hydrogens is 220 g/mol. The highest BCUT2D eigenvalue weighted by Crippen LogP contribution is 2.39. The number of rotatable bonds is 3. The quantitative estimate of drug-likeness (QED) is 0.595. The van der Waals surface area contributed by atoms with Gasteiger partial charge in [-0.05, 0) is 18.4 Å². The van der Waals surface area contributed by atoms with E-state index in [-0.39, 0.29) is 17.5 Å². The van der Waals surface area contributed by atoms with Gasteiger partial charge in [0.25, 0.3) is 5.69 Å². The van der Waals surface area contributed by atoms with Crippen molar-refractivity contribution in [1.82, 2.24) is 0 Å². The number of nitro benzene ring substituents is 1. The van der Waals surface area contributed by atoms with E-state index in [4.69, 9.17) is 0 Å². The topological polar surface area (TPSA) is 63.5 Å². The summed E-state index contributed by atoms with van der Waals surface area (Å²) in [5.74, 6) is 0.556. The first kappa shape index (κ1) is 11.6. The first-order chi connectivity index (χ1) is 8.00. The summed E-state index contributed by atoms with van der Waals surface area (Å²) in [4.78, 5) is 23.6. The summed E-state index contributed by atoms with van der Waals surface area (Å²) in [6.45, 7) is 2.03. The maximum atomic E-state index is 12.0. The van der Waals surface area contributed by atoms with E-state index in [1.54, 1.807) is 19.2 Å². The van der Waals surface area contributed by atoms with Crippen LogP contribution in [0.25, 0.3) is 0 Å². The van der Waals surface area contributed by atoms with Crippen LogP contribution in [0.1, 0.15) is 13.3 Å². The summed E-state index contributed by atoms with van der Waals surface area (Å²) in [7, 11) is 1.66. The van der Waals surface area contributed by atoms with Crippen molar-refractivity contribution >= 4 is 17.3 Å². The van der Waals surface area contributed by atoms with Crippen molar-refractivity contribution in [2.45, 2.75) is 13.3 Å². The Balaban J connectivity index is 2.18. The van der Waals surface area contributed by atoms with E-state index in [0.29, 0.717) is 11.6 Å². The van der Waals surface area contributed by atoms with Gasteiger partial charge in [0.2, 0.25) is 5.91 Å². The molecule has 0 bridgehead atoms. The van der Waals surface area contributed by atoms with E-state index in [1.165, 1.54) is 17.0 Å². The van der Waals surface area contributed by atoms with Gasteiger partial charge in [-0.25, -0.2) is 0 Å². The second-order valence-corrected chi connectivity index (χ2v) is 4.49. The fourth-order valence-electron chi connectivity index (χ4n) is 1.86. The molecule has 1 aliphatic rings. The van der Waals surface area contributed by atoms with Gasteiger partial charge in [0.15, 0.2) is 0 Å². The van der Waals surface area contributed by atoms with E-state index in [1.807, 2.05) is 6.92 Å². The van der Waals surface area contributed by atoms with Crippen molar-refractivity contribution < 1.29 is 9.72 Å². The third kappa shape index (κ3) is 2.27. The summed E-state index contributed by atoms with van der Waals surface area (Å²) in [6.07, 6.45) is 0.915. The van der Waals surface area contributed by atoms with Crippen LogP contribution in [-0.2, 0) is 4.79 Å². The van der Waals surface area contributed by atoms with Crippen LogP contribution < -0.4 is 4.90 Å². The number of carbonyl (C=O) groups excluding carboxylic acids is 1. The lowest BCUT2D eigenvalue weighted by Crippen LogP contribution is -2.28. The molecule has 1 aliphatic carbocycles. The maximum Gasteiger partial charge on any atom is 0.271 e. The van der Waals surface area contributed by atoms with Gasteiger partial charge >= 0.3 is 0 Å². The second kappa shape index (κ2) is 4.16. The molecule has 1 fully saturated rings. The van der Waals surface area contributed by atoms with Crippen LogP contribution in [0.5, 0.6) is 0 Å². The molecule has 5 heteroatoms. The van der Waals surface area contributed by atoms with E-state index in [2.05, 4.69) is 0 Å². The molecule has 0 radical (unpaired) electrons. The Labute approximate surface area is 99.2 Å². The molecule has 0 aliphatic heterocycles. The standard InChI is InChI=1S/C12H14N2O3/c1-8-6-11(8)12(15)13(2)9-4-3-5-10(7-9)14(16)17/h3-5,7-8,11H,6H2,1-2H3. The Morgan fingerprint density at radius 3 is 2.71 bits per heavy atom. The summed E-state index contributed by atoms with van der Waals surface area (Å²) >= 11 is 0. The number of carbonyl (C=O) groups is 1. The molecule has 90 valence electrons. The molecule has 1 amide bonds. The van der Waals surface area contributed by atoms with Gasteiger partial charge in [-0.2, -0.15) is 0 Å². The second-order valence-electron chi connectivity index (χ2n) is 4.49. The molecule has 1 aromatic carbocycles. The molecule has 0 heterocycles. The maximum absolute atomic E-state index is 12.0. The molecule has 2 unspecified atom stereocenters. The minimum atomic E-state index is -0.457.